The van der Waals surface area contributed by atoms with Gasteiger partial charge in [0.25, 0.3) is 0 Å². The van der Waals surface area contributed by atoms with E-state index in [0.29, 0.717) is 21.9 Å². The molecule has 6 nitrogen and oxygen atoms in total. The molecule has 0 unspecified atom stereocenters. The number of carboxylic acids is 1. The normalized spacial score (nSPS) is 14.3. The van der Waals surface area contributed by atoms with Gasteiger partial charge >= 0.3 is 5.97 Å². The number of aromatic carboxylic acids is 1. The Balaban J connectivity index is 1.86. The van der Waals surface area contributed by atoms with Crippen molar-refractivity contribution in [2.24, 2.45) is 9.98 Å². The summed E-state index contributed by atoms with van der Waals surface area (Å²) < 4.78 is 1.60. The van der Waals surface area contributed by atoms with Gasteiger partial charge in [-0.15, -0.1) is 6.58 Å². The van der Waals surface area contributed by atoms with Crippen LogP contribution in [0.1, 0.15) is 20.8 Å². The molecule has 0 aliphatic carbocycles. The molecule has 0 saturated carbocycles. The van der Waals surface area contributed by atoms with Gasteiger partial charge < -0.3 is 10.2 Å². The maximum atomic E-state index is 11.5. The van der Waals surface area contributed by atoms with Crippen LogP contribution in [0, 0.1) is 0 Å². The van der Waals surface area contributed by atoms with Gasteiger partial charge in [0.2, 0.25) is 5.88 Å². The highest BCUT2D eigenvalue weighted by Crippen LogP contribution is 2.34. The maximum absolute atomic E-state index is 11.5. The SMILES string of the molecule is C=CCn1c(O)c(/C=C2\C=Nc3ccccc32)sc1=Nc1ccccc1C(=O)O. The lowest BCUT2D eigenvalue weighted by Crippen LogP contribution is -2.13. The number of aliphatic imine (C=N–C) groups is 1. The molecule has 2 heterocycles. The second-order valence-corrected chi connectivity index (χ2v) is 7.29. The number of hydrogen-bond acceptors (Lipinski definition) is 5. The first kappa shape index (κ1) is 18.6. The number of para-hydroxylation sites is 2. The number of hydrogen-bond donors (Lipinski definition) is 2. The van der Waals surface area contributed by atoms with Gasteiger partial charge in [0.05, 0.1) is 21.8 Å². The highest BCUT2D eigenvalue weighted by Gasteiger charge is 2.16. The highest BCUT2D eigenvalue weighted by molar-refractivity contribution is 7.10. The number of rotatable bonds is 5. The van der Waals surface area contributed by atoms with Crippen molar-refractivity contribution < 1.29 is 15.0 Å². The molecule has 1 aliphatic rings. The third kappa shape index (κ3) is 3.55. The van der Waals surface area contributed by atoms with E-state index in [0.717, 1.165) is 16.8 Å². The molecular formula is C22H17N3O3S. The Bertz CT molecular complexity index is 1250. The first-order valence-electron chi connectivity index (χ1n) is 8.84. The Hall–Kier alpha value is -3.71. The molecule has 1 aromatic heterocycles. The average molecular weight is 403 g/mol. The van der Waals surface area contributed by atoms with Crippen LogP contribution in [-0.2, 0) is 6.54 Å². The monoisotopic (exact) mass is 403 g/mol. The molecule has 0 bridgehead atoms. The van der Waals surface area contributed by atoms with Crippen molar-refractivity contribution in [3.05, 3.63) is 82.0 Å². The summed E-state index contributed by atoms with van der Waals surface area (Å²) in [5.74, 6) is -1.01. The Morgan fingerprint density at radius 3 is 2.76 bits per heavy atom. The zero-order valence-corrected chi connectivity index (χ0v) is 16.1. The lowest BCUT2D eigenvalue weighted by molar-refractivity contribution is 0.0698. The van der Waals surface area contributed by atoms with Gasteiger partial charge in [0.1, 0.15) is 0 Å². The van der Waals surface area contributed by atoms with E-state index in [9.17, 15) is 15.0 Å². The summed E-state index contributed by atoms with van der Waals surface area (Å²) in [6.07, 6.45) is 5.27. The molecule has 4 rings (SSSR count). The minimum atomic E-state index is -1.05. The quantitative estimate of drug-likeness (QED) is 0.609. The minimum absolute atomic E-state index is 0.0479. The van der Waals surface area contributed by atoms with Gasteiger partial charge in [-0.1, -0.05) is 47.7 Å². The number of benzene rings is 2. The zero-order valence-electron chi connectivity index (χ0n) is 15.3. The first-order valence-corrected chi connectivity index (χ1v) is 9.66. The summed E-state index contributed by atoms with van der Waals surface area (Å²) in [4.78, 5) is 21.5. The third-order valence-electron chi connectivity index (χ3n) is 4.41. The van der Waals surface area contributed by atoms with E-state index in [1.54, 1.807) is 35.1 Å². The molecule has 0 fully saturated rings. The van der Waals surface area contributed by atoms with Crippen LogP contribution in [0.3, 0.4) is 0 Å². The van der Waals surface area contributed by atoms with Gasteiger partial charge in [-0.25, -0.2) is 9.79 Å². The van der Waals surface area contributed by atoms with Crippen molar-refractivity contribution in [1.82, 2.24) is 4.57 Å². The van der Waals surface area contributed by atoms with Gasteiger partial charge in [0, 0.05) is 23.9 Å². The molecule has 0 saturated heterocycles. The standard InChI is InChI=1S/C22H17N3O3S/c1-2-11-25-20(26)19(12-14-13-23-17-9-5-3-7-15(14)17)29-22(25)24-18-10-6-4-8-16(18)21(27)28/h2-10,12-13,26H,1,11H2,(H,27,28)/b14-12+,24-22?. The Morgan fingerprint density at radius 1 is 1.21 bits per heavy atom. The topological polar surface area (TPSA) is 87.2 Å². The predicted molar refractivity (Wildman–Crippen MR) is 115 cm³/mol. The molecule has 144 valence electrons. The molecule has 3 aromatic rings. The van der Waals surface area contributed by atoms with Crippen molar-refractivity contribution >= 4 is 46.5 Å². The molecule has 2 N–H and O–H groups in total. The molecule has 0 spiro atoms. The molecule has 29 heavy (non-hydrogen) atoms. The molecular weight excluding hydrogens is 386 g/mol. The fourth-order valence-electron chi connectivity index (χ4n) is 3.04. The summed E-state index contributed by atoms with van der Waals surface area (Å²) in [5, 5.41) is 20.2. The van der Waals surface area contributed by atoms with Gasteiger partial charge in [0.15, 0.2) is 4.80 Å². The molecule has 1 aliphatic heterocycles. The molecule has 0 radical (unpaired) electrons. The number of allylic oxidation sites excluding steroid dienone is 2. The van der Waals surface area contributed by atoms with E-state index in [1.807, 2.05) is 30.3 Å². The number of aromatic nitrogens is 1. The summed E-state index contributed by atoms with van der Waals surface area (Å²) in [6, 6.07) is 14.3. The van der Waals surface area contributed by atoms with Crippen molar-refractivity contribution in [3.63, 3.8) is 0 Å². The van der Waals surface area contributed by atoms with Gasteiger partial charge in [-0.3, -0.25) is 9.56 Å². The number of thiazole rings is 1. The van der Waals surface area contributed by atoms with Crippen molar-refractivity contribution in [1.29, 1.82) is 0 Å². The fraction of sp³-hybridized carbons (Fsp3) is 0.0455. The van der Waals surface area contributed by atoms with E-state index in [2.05, 4.69) is 16.6 Å². The lowest BCUT2D eigenvalue weighted by Gasteiger charge is -2.02. The summed E-state index contributed by atoms with van der Waals surface area (Å²) in [6.45, 7) is 4.07. The van der Waals surface area contributed by atoms with Crippen molar-refractivity contribution in [2.75, 3.05) is 0 Å². The summed E-state index contributed by atoms with van der Waals surface area (Å²) >= 11 is 1.27. The number of aromatic hydroxyl groups is 1. The minimum Gasteiger partial charge on any atom is -0.493 e. The summed E-state index contributed by atoms with van der Waals surface area (Å²) in [7, 11) is 0. The van der Waals surface area contributed by atoms with Crippen LogP contribution < -0.4 is 4.80 Å². The first-order chi connectivity index (χ1) is 14.1. The van der Waals surface area contributed by atoms with E-state index in [1.165, 1.54) is 17.4 Å². The number of nitrogens with zero attached hydrogens (tertiary/aromatic N) is 3. The second-order valence-electron chi connectivity index (χ2n) is 6.28. The zero-order chi connectivity index (χ0) is 20.4. The molecule has 0 amide bonds. The highest BCUT2D eigenvalue weighted by atomic mass is 32.1. The van der Waals surface area contributed by atoms with Gasteiger partial charge in [-0.2, -0.15) is 0 Å². The van der Waals surface area contributed by atoms with E-state index < -0.39 is 5.97 Å². The second kappa shape index (κ2) is 7.73. The Kier molecular flexibility index (Phi) is 4.97. The van der Waals surface area contributed by atoms with Crippen LogP contribution >= 0.6 is 11.3 Å². The number of carbonyl (C=O) groups is 1. The van der Waals surface area contributed by atoms with Crippen LogP contribution in [-0.4, -0.2) is 27.0 Å². The smallest absolute Gasteiger partial charge is 0.337 e. The van der Waals surface area contributed by atoms with Crippen LogP contribution in [0.25, 0.3) is 11.6 Å². The number of carboxylic acid groups (broad SMARTS) is 1. The maximum Gasteiger partial charge on any atom is 0.337 e. The fourth-order valence-corrected chi connectivity index (χ4v) is 4.04. The summed E-state index contributed by atoms with van der Waals surface area (Å²) in [5.41, 5.74) is 3.19. The third-order valence-corrected chi connectivity index (χ3v) is 5.43. The molecule has 7 heteroatoms. The van der Waals surface area contributed by atoms with Crippen LogP contribution in [0.4, 0.5) is 11.4 Å². The largest absolute Gasteiger partial charge is 0.493 e. The number of fused-ring (bicyclic) bond motifs is 1. The van der Waals surface area contributed by atoms with Crippen LogP contribution in [0.15, 0.2) is 71.2 Å². The van der Waals surface area contributed by atoms with E-state index in [-0.39, 0.29) is 11.4 Å². The van der Waals surface area contributed by atoms with Crippen LogP contribution in [0.5, 0.6) is 5.88 Å². The molecule has 2 aromatic carbocycles. The average Bonchev–Trinajstić information content (AvgIpc) is 3.25. The lowest BCUT2D eigenvalue weighted by atomic mass is 10.1. The van der Waals surface area contributed by atoms with E-state index in [4.69, 9.17) is 0 Å². The van der Waals surface area contributed by atoms with Crippen molar-refractivity contribution in [2.45, 2.75) is 6.54 Å². The Morgan fingerprint density at radius 2 is 1.97 bits per heavy atom. The van der Waals surface area contributed by atoms with Gasteiger partial charge in [-0.05, 0) is 24.3 Å². The predicted octanol–water partition coefficient (Wildman–Crippen LogP) is 4.63. The van der Waals surface area contributed by atoms with E-state index >= 15 is 0 Å². The van der Waals surface area contributed by atoms with Crippen molar-refractivity contribution in [3.8, 4) is 5.88 Å². The Labute approximate surface area is 170 Å². The van der Waals surface area contributed by atoms with Crippen LogP contribution in [0.2, 0.25) is 0 Å². The molecule has 0 atom stereocenters.